The Kier molecular flexibility index (Phi) is 7.61. The quantitative estimate of drug-likeness (QED) is 0.170. The monoisotopic (exact) mass is 730 g/mol. The van der Waals surface area contributed by atoms with E-state index in [1.165, 1.54) is 53.6 Å². The smallest absolute Gasteiger partial charge is 0.160 e. The van der Waals surface area contributed by atoms with Crippen LogP contribution in [0.25, 0.3) is 76.3 Å². The highest BCUT2D eigenvalue weighted by Crippen LogP contribution is 2.57. The fourth-order valence-electron chi connectivity index (χ4n) is 8.98. The van der Waals surface area contributed by atoms with Crippen LogP contribution in [0.1, 0.15) is 22.3 Å². The average molecular weight is 731 g/mol. The summed E-state index contributed by atoms with van der Waals surface area (Å²) in [4.78, 5) is 10.6. The molecule has 2 aromatic heterocycles. The second kappa shape index (κ2) is 13.1. The predicted octanol–water partition coefficient (Wildman–Crippen LogP) is 13.9. The van der Waals surface area contributed by atoms with E-state index in [9.17, 15) is 0 Å². The van der Waals surface area contributed by atoms with E-state index < -0.39 is 5.41 Å². The van der Waals surface area contributed by atoms with Crippen LogP contribution in [0.3, 0.4) is 0 Å². The number of nitrogens with zero attached hydrogens (tertiary/aromatic N) is 2. The number of hydrogen-bond acceptors (Lipinski definition) is 3. The minimum absolute atomic E-state index is 0.500. The van der Waals surface area contributed by atoms with Crippen LogP contribution in [0.2, 0.25) is 0 Å². The fourth-order valence-corrected chi connectivity index (χ4v) is 10.1. The molecule has 11 rings (SSSR count). The lowest BCUT2D eigenvalue weighted by molar-refractivity contribution is 0.769. The van der Waals surface area contributed by atoms with Crippen LogP contribution in [-0.4, -0.2) is 9.97 Å². The van der Waals surface area contributed by atoms with Gasteiger partial charge in [-0.2, -0.15) is 0 Å². The minimum atomic E-state index is -0.500. The summed E-state index contributed by atoms with van der Waals surface area (Å²) in [6.07, 6.45) is 0. The Morgan fingerprint density at radius 3 is 1.68 bits per heavy atom. The minimum Gasteiger partial charge on any atom is -0.228 e. The van der Waals surface area contributed by atoms with Crippen LogP contribution in [-0.2, 0) is 5.41 Å². The van der Waals surface area contributed by atoms with Crippen molar-refractivity contribution in [1.29, 1.82) is 0 Å². The first kappa shape index (κ1) is 32.5. The van der Waals surface area contributed by atoms with Crippen molar-refractivity contribution in [3.05, 3.63) is 229 Å². The number of hydrogen-bond donors (Lipinski definition) is 0. The molecule has 0 amide bonds. The van der Waals surface area contributed by atoms with Gasteiger partial charge in [-0.25, -0.2) is 9.97 Å². The van der Waals surface area contributed by atoms with Crippen molar-refractivity contribution in [2.75, 3.05) is 0 Å². The molecule has 0 atom stereocenters. The lowest BCUT2D eigenvalue weighted by Crippen LogP contribution is -2.28. The number of fused-ring (bicyclic) bond motifs is 6. The largest absolute Gasteiger partial charge is 0.228 e. The Labute approximate surface area is 330 Å². The number of aromatic nitrogens is 2. The van der Waals surface area contributed by atoms with E-state index in [0.29, 0.717) is 5.82 Å². The third-order valence-electron chi connectivity index (χ3n) is 11.4. The zero-order chi connectivity index (χ0) is 37.1. The zero-order valence-electron chi connectivity index (χ0n) is 30.4. The van der Waals surface area contributed by atoms with Gasteiger partial charge in [0, 0.05) is 36.9 Å². The summed E-state index contributed by atoms with van der Waals surface area (Å²) in [6.45, 7) is 0. The Morgan fingerprint density at radius 2 is 0.946 bits per heavy atom. The topological polar surface area (TPSA) is 25.8 Å². The van der Waals surface area contributed by atoms with E-state index in [2.05, 4.69) is 200 Å². The molecule has 0 spiro atoms. The molecule has 56 heavy (non-hydrogen) atoms. The number of rotatable bonds is 6. The van der Waals surface area contributed by atoms with Crippen LogP contribution >= 0.6 is 11.3 Å². The van der Waals surface area contributed by atoms with Gasteiger partial charge < -0.3 is 0 Å². The second-order valence-electron chi connectivity index (χ2n) is 14.4. The predicted molar refractivity (Wildman–Crippen MR) is 234 cm³/mol. The van der Waals surface area contributed by atoms with Crippen molar-refractivity contribution in [2.45, 2.75) is 5.41 Å². The SMILES string of the molecule is c1ccc(-c2cc(-c3c(-c4ccc5c(c4)C(c4ccccc4)(c4ccccc4)c4ccccc4-5)ccc4sc5ccccc5c34)nc(-c3ccccc3)n2)cc1. The van der Waals surface area contributed by atoms with E-state index >= 15 is 0 Å². The first-order valence-corrected chi connectivity index (χ1v) is 19.9. The van der Waals surface area contributed by atoms with Gasteiger partial charge in [0.15, 0.2) is 5.82 Å². The molecule has 1 aliphatic carbocycles. The summed E-state index contributed by atoms with van der Waals surface area (Å²) in [5, 5.41) is 2.46. The van der Waals surface area contributed by atoms with Crippen molar-refractivity contribution in [3.63, 3.8) is 0 Å². The molecule has 2 nitrogen and oxygen atoms in total. The molecule has 262 valence electrons. The molecular weight excluding hydrogens is 697 g/mol. The van der Waals surface area contributed by atoms with E-state index in [4.69, 9.17) is 9.97 Å². The standard InChI is InChI=1S/C53H34N2S/c1-5-17-35(18-6-1)46-34-47(55-52(54-46)36-19-7-2-8-20-36)50-40(31-32-49-51(50)43-26-14-16-28-48(43)56-49)37-29-30-42-41-25-13-15-27-44(41)53(45(42)33-37,38-21-9-3-10-22-38)39-23-11-4-12-24-39/h1-34H. The molecule has 10 aromatic rings. The number of thiophene rings is 1. The normalized spacial score (nSPS) is 12.8. The Hall–Kier alpha value is -6.94. The molecular formula is C53H34N2S. The van der Waals surface area contributed by atoms with Gasteiger partial charge >= 0.3 is 0 Å². The summed E-state index contributed by atoms with van der Waals surface area (Å²) in [6, 6.07) is 74.5. The van der Waals surface area contributed by atoms with Gasteiger partial charge in [-0.15, -0.1) is 11.3 Å². The summed E-state index contributed by atoms with van der Waals surface area (Å²) in [5.74, 6) is 0.709. The van der Waals surface area contributed by atoms with Crippen LogP contribution in [0.4, 0.5) is 0 Å². The van der Waals surface area contributed by atoms with Gasteiger partial charge in [0.25, 0.3) is 0 Å². The lowest BCUT2D eigenvalue weighted by atomic mass is 9.67. The molecule has 0 bridgehead atoms. The molecule has 1 aliphatic rings. The molecule has 0 fully saturated rings. The third-order valence-corrected chi connectivity index (χ3v) is 12.5. The molecule has 0 saturated carbocycles. The summed E-state index contributed by atoms with van der Waals surface area (Å²) in [5.41, 5.74) is 14.4. The highest BCUT2D eigenvalue weighted by Gasteiger charge is 2.46. The van der Waals surface area contributed by atoms with Crippen LogP contribution < -0.4 is 0 Å². The van der Waals surface area contributed by atoms with Crippen LogP contribution in [0, 0.1) is 0 Å². The van der Waals surface area contributed by atoms with Crippen LogP contribution in [0.15, 0.2) is 206 Å². The van der Waals surface area contributed by atoms with Gasteiger partial charge in [0.05, 0.1) is 16.8 Å². The maximum atomic E-state index is 5.44. The second-order valence-corrected chi connectivity index (χ2v) is 15.5. The first-order chi connectivity index (χ1) is 27.8. The van der Waals surface area contributed by atoms with E-state index in [1.807, 2.05) is 17.4 Å². The lowest BCUT2D eigenvalue weighted by Gasteiger charge is -2.34. The maximum absolute atomic E-state index is 5.44. The van der Waals surface area contributed by atoms with Gasteiger partial charge in [0.1, 0.15) is 0 Å². The Morgan fingerprint density at radius 1 is 0.375 bits per heavy atom. The van der Waals surface area contributed by atoms with Crippen molar-refractivity contribution in [2.24, 2.45) is 0 Å². The molecule has 3 heteroatoms. The van der Waals surface area contributed by atoms with Gasteiger partial charge in [-0.1, -0.05) is 182 Å². The molecule has 0 aliphatic heterocycles. The third kappa shape index (κ3) is 5.02. The summed E-state index contributed by atoms with van der Waals surface area (Å²) < 4.78 is 2.50. The van der Waals surface area contributed by atoms with Crippen molar-refractivity contribution in [3.8, 4) is 56.2 Å². The maximum Gasteiger partial charge on any atom is 0.160 e. The Bertz CT molecular complexity index is 2960. The highest BCUT2D eigenvalue weighted by atomic mass is 32.1. The van der Waals surface area contributed by atoms with Crippen molar-refractivity contribution < 1.29 is 0 Å². The van der Waals surface area contributed by atoms with Gasteiger partial charge in [0.2, 0.25) is 0 Å². The molecule has 8 aromatic carbocycles. The zero-order valence-corrected chi connectivity index (χ0v) is 31.2. The van der Waals surface area contributed by atoms with Crippen LogP contribution in [0.5, 0.6) is 0 Å². The molecule has 0 radical (unpaired) electrons. The van der Waals surface area contributed by atoms with Crippen molar-refractivity contribution >= 4 is 31.5 Å². The average Bonchev–Trinajstić information content (AvgIpc) is 3.81. The number of benzene rings is 8. The van der Waals surface area contributed by atoms with Gasteiger partial charge in [-0.05, 0) is 68.8 Å². The molecule has 2 heterocycles. The van der Waals surface area contributed by atoms with Crippen molar-refractivity contribution in [1.82, 2.24) is 9.97 Å². The molecule has 0 saturated heterocycles. The first-order valence-electron chi connectivity index (χ1n) is 19.1. The Balaban J connectivity index is 1.24. The summed E-state index contributed by atoms with van der Waals surface area (Å²) in [7, 11) is 0. The summed E-state index contributed by atoms with van der Waals surface area (Å²) >= 11 is 1.84. The van der Waals surface area contributed by atoms with E-state index in [1.54, 1.807) is 0 Å². The van der Waals surface area contributed by atoms with E-state index in [-0.39, 0.29) is 0 Å². The van der Waals surface area contributed by atoms with E-state index in [0.717, 1.165) is 39.2 Å². The van der Waals surface area contributed by atoms with Gasteiger partial charge in [-0.3, -0.25) is 0 Å². The molecule has 0 N–H and O–H groups in total. The molecule has 0 unspecified atom stereocenters. The highest BCUT2D eigenvalue weighted by molar-refractivity contribution is 7.26. The fraction of sp³-hybridized carbons (Fsp3) is 0.0189.